The van der Waals surface area contributed by atoms with E-state index >= 15 is 0 Å². The van der Waals surface area contributed by atoms with Crippen molar-refractivity contribution in [2.45, 2.75) is 24.9 Å². The van der Waals surface area contributed by atoms with Crippen LogP contribution in [0.2, 0.25) is 0 Å². The van der Waals surface area contributed by atoms with Crippen molar-refractivity contribution in [2.75, 3.05) is 6.54 Å². The Morgan fingerprint density at radius 3 is 2.87 bits per heavy atom. The Balaban J connectivity index is 1.64. The second-order valence-corrected chi connectivity index (χ2v) is 5.87. The van der Waals surface area contributed by atoms with Crippen molar-refractivity contribution in [2.24, 2.45) is 0 Å². The zero-order chi connectivity index (χ0) is 16.1. The fourth-order valence-electron chi connectivity index (χ4n) is 3.02. The molecule has 1 heterocycles. The second-order valence-electron chi connectivity index (χ2n) is 5.87. The van der Waals surface area contributed by atoms with Crippen LogP contribution in [0.5, 0.6) is 0 Å². The average molecular weight is 308 g/mol. The molecule has 1 aliphatic rings. The topological polar surface area (TPSA) is 62.2 Å². The van der Waals surface area contributed by atoms with Gasteiger partial charge in [-0.15, -0.1) is 0 Å². The van der Waals surface area contributed by atoms with Crippen molar-refractivity contribution in [3.05, 3.63) is 71.6 Å². The van der Waals surface area contributed by atoms with E-state index in [2.05, 4.69) is 10.3 Å². The molecule has 0 saturated carbocycles. The molecule has 0 bridgehead atoms. The van der Waals surface area contributed by atoms with Gasteiger partial charge >= 0.3 is 0 Å². The number of nitrogens with zero attached hydrogens (tertiary/aromatic N) is 1. The highest BCUT2D eigenvalue weighted by atomic mass is 16.3. The van der Waals surface area contributed by atoms with Crippen molar-refractivity contribution in [1.29, 1.82) is 0 Å². The van der Waals surface area contributed by atoms with Crippen molar-refractivity contribution < 1.29 is 9.90 Å². The minimum atomic E-state index is -0.977. The first-order chi connectivity index (χ1) is 11.2. The predicted molar refractivity (Wildman–Crippen MR) is 89.6 cm³/mol. The fourth-order valence-corrected chi connectivity index (χ4v) is 3.02. The molecule has 1 aromatic carbocycles. The molecule has 1 aromatic heterocycles. The number of amides is 1. The number of carbonyl (C=O) groups is 1. The molecule has 1 aliphatic carbocycles. The van der Waals surface area contributed by atoms with Gasteiger partial charge in [-0.1, -0.05) is 24.3 Å². The smallest absolute Gasteiger partial charge is 0.244 e. The number of aliphatic hydroxyl groups is 1. The van der Waals surface area contributed by atoms with E-state index in [0.29, 0.717) is 6.42 Å². The first kappa shape index (κ1) is 15.4. The maximum Gasteiger partial charge on any atom is 0.244 e. The third-order valence-corrected chi connectivity index (χ3v) is 4.24. The maximum atomic E-state index is 12.0. The molecule has 0 fully saturated rings. The number of rotatable bonds is 4. The SMILES string of the molecule is O=C(C=Cc1ccncc1)NCC1(O)CCCc2ccccc21. The average Bonchev–Trinajstić information content (AvgIpc) is 2.60. The highest BCUT2D eigenvalue weighted by Gasteiger charge is 2.34. The van der Waals surface area contributed by atoms with Crippen LogP contribution in [-0.2, 0) is 16.8 Å². The van der Waals surface area contributed by atoms with Crippen molar-refractivity contribution >= 4 is 12.0 Å². The van der Waals surface area contributed by atoms with Crippen LogP contribution >= 0.6 is 0 Å². The molecular formula is C19H20N2O2. The molecule has 23 heavy (non-hydrogen) atoms. The highest BCUT2D eigenvalue weighted by molar-refractivity contribution is 5.91. The van der Waals surface area contributed by atoms with Gasteiger partial charge in [-0.25, -0.2) is 0 Å². The van der Waals surface area contributed by atoms with E-state index in [1.54, 1.807) is 18.5 Å². The summed E-state index contributed by atoms with van der Waals surface area (Å²) >= 11 is 0. The van der Waals surface area contributed by atoms with Crippen LogP contribution in [0.25, 0.3) is 6.08 Å². The molecule has 0 saturated heterocycles. The molecule has 1 atom stereocenters. The van der Waals surface area contributed by atoms with Gasteiger partial charge in [-0.2, -0.15) is 0 Å². The summed E-state index contributed by atoms with van der Waals surface area (Å²) < 4.78 is 0. The summed E-state index contributed by atoms with van der Waals surface area (Å²) in [5.74, 6) is -0.210. The first-order valence-electron chi connectivity index (χ1n) is 7.84. The molecule has 0 aliphatic heterocycles. The van der Waals surface area contributed by atoms with Crippen molar-refractivity contribution in [3.8, 4) is 0 Å². The van der Waals surface area contributed by atoms with Crippen LogP contribution in [0.15, 0.2) is 54.9 Å². The number of aromatic nitrogens is 1. The lowest BCUT2D eigenvalue weighted by molar-refractivity contribution is -0.118. The molecule has 118 valence electrons. The molecule has 2 aromatic rings. The Labute approximate surface area is 135 Å². The Kier molecular flexibility index (Phi) is 4.53. The number of pyridine rings is 1. The van der Waals surface area contributed by atoms with Crippen LogP contribution in [0.1, 0.15) is 29.5 Å². The van der Waals surface area contributed by atoms with E-state index in [1.165, 1.54) is 11.6 Å². The lowest BCUT2D eigenvalue weighted by Gasteiger charge is -2.34. The number of fused-ring (bicyclic) bond motifs is 1. The standard InChI is InChI=1S/C19H20N2O2/c22-18(8-7-15-9-12-20-13-10-15)21-14-19(23)11-3-5-16-4-1-2-6-17(16)19/h1-2,4,6-10,12-13,23H,3,5,11,14H2,(H,21,22). The number of carbonyl (C=O) groups excluding carboxylic acids is 1. The lowest BCUT2D eigenvalue weighted by atomic mass is 9.79. The van der Waals surface area contributed by atoms with E-state index in [1.807, 2.05) is 36.4 Å². The second kappa shape index (κ2) is 6.75. The molecule has 3 rings (SSSR count). The van der Waals surface area contributed by atoms with Crippen LogP contribution in [0.3, 0.4) is 0 Å². The number of nitrogens with one attached hydrogen (secondary N) is 1. The lowest BCUT2D eigenvalue weighted by Crippen LogP contribution is -2.42. The summed E-state index contributed by atoms with van der Waals surface area (Å²) in [6.07, 6.45) is 9.14. The van der Waals surface area contributed by atoms with E-state index in [4.69, 9.17) is 0 Å². The van der Waals surface area contributed by atoms with Crippen molar-refractivity contribution in [3.63, 3.8) is 0 Å². The van der Waals surface area contributed by atoms with Gasteiger partial charge in [0.25, 0.3) is 0 Å². The van der Waals surface area contributed by atoms with Crippen LogP contribution < -0.4 is 5.32 Å². The number of benzene rings is 1. The highest BCUT2D eigenvalue weighted by Crippen LogP contribution is 2.34. The number of aryl methyl sites for hydroxylation is 1. The quantitative estimate of drug-likeness (QED) is 0.853. The summed E-state index contributed by atoms with van der Waals surface area (Å²) in [7, 11) is 0. The van der Waals surface area contributed by atoms with Gasteiger partial charge in [0, 0.05) is 18.5 Å². The van der Waals surface area contributed by atoms with Crippen LogP contribution in [0.4, 0.5) is 0 Å². The van der Waals surface area contributed by atoms with Crippen molar-refractivity contribution in [1.82, 2.24) is 10.3 Å². The summed E-state index contributed by atoms with van der Waals surface area (Å²) in [5.41, 5.74) is 2.04. The van der Waals surface area contributed by atoms with E-state index in [9.17, 15) is 9.90 Å². The number of hydrogen-bond acceptors (Lipinski definition) is 3. The van der Waals surface area contributed by atoms with Crippen LogP contribution in [0, 0.1) is 0 Å². The zero-order valence-electron chi connectivity index (χ0n) is 12.9. The molecule has 4 nitrogen and oxygen atoms in total. The molecule has 0 radical (unpaired) electrons. The van der Waals surface area contributed by atoms with Gasteiger partial charge in [0.1, 0.15) is 5.60 Å². The van der Waals surface area contributed by atoms with Gasteiger partial charge in [0.15, 0.2) is 0 Å². The minimum absolute atomic E-state index is 0.210. The normalized spacial score (nSPS) is 20.2. The van der Waals surface area contributed by atoms with Gasteiger partial charge in [-0.05, 0) is 54.2 Å². The van der Waals surface area contributed by atoms with Gasteiger partial charge in [0.2, 0.25) is 5.91 Å². The first-order valence-corrected chi connectivity index (χ1v) is 7.84. The largest absolute Gasteiger partial charge is 0.383 e. The fraction of sp³-hybridized carbons (Fsp3) is 0.263. The third-order valence-electron chi connectivity index (χ3n) is 4.24. The molecule has 1 unspecified atom stereocenters. The Hall–Kier alpha value is -2.46. The number of hydrogen-bond donors (Lipinski definition) is 2. The molecule has 1 amide bonds. The Morgan fingerprint density at radius 1 is 1.26 bits per heavy atom. The van der Waals surface area contributed by atoms with Gasteiger partial charge in [-0.3, -0.25) is 9.78 Å². The Bertz CT molecular complexity index is 712. The van der Waals surface area contributed by atoms with E-state index in [-0.39, 0.29) is 12.5 Å². The molecule has 2 N–H and O–H groups in total. The molecule has 0 spiro atoms. The van der Waals surface area contributed by atoms with E-state index in [0.717, 1.165) is 24.0 Å². The van der Waals surface area contributed by atoms with Gasteiger partial charge < -0.3 is 10.4 Å². The third kappa shape index (κ3) is 3.66. The van der Waals surface area contributed by atoms with Crippen LogP contribution in [-0.4, -0.2) is 22.5 Å². The Morgan fingerprint density at radius 2 is 2.04 bits per heavy atom. The molecular weight excluding hydrogens is 288 g/mol. The molecule has 4 heteroatoms. The summed E-state index contributed by atoms with van der Waals surface area (Å²) in [6.45, 7) is 0.226. The predicted octanol–water partition coefficient (Wildman–Crippen LogP) is 2.44. The maximum absolute atomic E-state index is 12.0. The summed E-state index contributed by atoms with van der Waals surface area (Å²) in [5, 5.41) is 13.7. The van der Waals surface area contributed by atoms with E-state index < -0.39 is 5.60 Å². The summed E-state index contributed by atoms with van der Waals surface area (Å²) in [4.78, 5) is 15.9. The van der Waals surface area contributed by atoms with Gasteiger partial charge in [0.05, 0.1) is 6.54 Å². The summed E-state index contributed by atoms with van der Waals surface area (Å²) in [6, 6.07) is 11.6. The zero-order valence-corrected chi connectivity index (χ0v) is 12.9. The minimum Gasteiger partial charge on any atom is -0.383 e. The monoisotopic (exact) mass is 308 g/mol.